The molecule has 0 aromatic heterocycles. The molecule has 13 heavy (non-hydrogen) atoms. The van der Waals surface area contributed by atoms with Gasteiger partial charge in [-0.1, -0.05) is 13.3 Å². The Kier molecular flexibility index (Phi) is 6.28. The molecular formula is C8H20N2O2S. The molecule has 0 aliphatic rings. The number of nitrogens with zero attached hydrogens (tertiary/aromatic N) is 1. The van der Waals surface area contributed by atoms with Crippen LogP contribution < -0.4 is 5.32 Å². The van der Waals surface area contributed by atoms with Crippen LogP contribution in [0.2, 0.25) is 0 Å². The lowest BCUT2D eigenvalue weighted by molar-refractivity contribution is 0.517. The molecule has 0 rings (SSSR count). The lowest BCUT2D eigenvalue weighted by Crippen LogP contribution is -2.31. The van der Waals surface area contributed by atoms with Crippen molar-refractivity contribution in [2.75, 3.05) is 32.9 Å². The summed E-state index contributed by atoms with van der Waals surface area (Å²) in [7, 11) is 0.0993. The molecule has 0 unspecified atom stereocenters. The van der Waals surface area contributed by atoms with Gasteiger partial charge in [0.15, 0.2) is 0 Å². The van der Waals surface area contributed by atoms with Crippen molar-refractivity contribution in [2.45, 2.75) is 19.8 Å². The molecule has 0 saturated heterocycles. The van der Waals surface area contributed by atoms with Gasteiger partial charge < -0.3 is 5.32 Å². The van der Waals surface area contributed by atoms with Crippen LogP contribution in [0.3, 0.4) is 0 Å². The highest BCUT2D eigenvalue weighted by Crippen LogP contribution is 1.92. The van der Waals surface area contributed by atoms with Crippen LogP contribution in [0.15, 0.2) is 0 Å². The second-order valence-corrected chi connectivity index (χ2v) is 5.50. The summed E-state index contributed by atoms with van der Waals surface area (Å²) >= 11 is 0. The molecule has 0 spiro atoms. The van der Waals surface area contributed by atoms with E-state index in [0.29, 0.717) is 6.54 Å². The van der Waals surface area contributed by atoms with Crippen molar-refractivity contribution in [1.29, 1.82) is 0 Å². The molecule has 5 heteroatoms. The Balaban J connectivity index is 3.53. The number of hydrogen-bond acceptors (Lipinski definition) is 3. The first-order chi connectivity index (χ1) is 6.00. The van der Waals surface area contributed by atoms with Crippen molar-refractivity contribution in [3.63, 3.8) is 0 Å². The van der Waals surface area contributed by atoms with E-state index in [2.05, 4.69) is 12.2 Å². The summed E-state index contributed by atoms with van der Waals surface area (Å²) in [6.07, 6.45) is 2.23. The normalized spacial score (nSPS) is 12.3. The fourth-order valence-corrected chi connectivity index (χ4v) is 1.58. The first-order valence-corrected chi connectivity index (χ1v) is 6.22. The average molecular weight is 208 g/mol. The van der Waals surface area contributed by atoms with Crippen LogP contribution in [0.4, 0.5) is 0 Å². The number of unbranched alkanes of at least 4 members (excludes halogenated alkanes) is 1. The Morgan fingerprint density at radius 2 is 1.85 bits per heavy atom. The van der Waals surface area contributed by atoms with E-state index in [0.717, 1.165) is 19.4 Å². The summed E-state index contributed by atoms with van der Waals surface area (Å²) in [6, 6.07) is 0. The van der Waals surface area contributed by atoms with E-state index < -0.39 is 10.0 Å². The van der Waals surface area contributed by atoms with Gasteiger partial charge in [-0.25, -0.2) is 12.7 Å². The predicted molar refractivity (Wildman–Crippen MR) is 55.3 cm³/mol. The van der Waals surface area contributed by atoms with Gasteiger partial charge in [0, 0.05) is 20.6 Å². The Hall–Kier alpha value is -0.130. The molecular weight excluding hydrogens is 188 g/mol. The number of sulfonamides is 1. The van der Waals surface area contributed by atoms with Crippen molar-refractivity contribution < 1.29 is 8.42 Å². The minimum atomic E-state index is -3.01. The van der Waals surface area contributed by atoms with E-state index in [1.165, 1.54) is 4.31 Å². The van der Waals surface area contributed by atoms with E-state index in [-0.39, 0.29) is 5.75 Å². The second kappa shape index (κ2) is 6.34. The van der Waals surface area contributed by atoms with Gasteiger partial charge >= 0.3 is 0 Å². The fourth-order valence-electron chi connectivity index (χ4n) is 0.810. The maximum absolute atomic E-state index is 11.2. The van der Waals surface area contributed by atoms with E-state index >= 15 is 0 Å². The molecule has 0 saturated carbocycles. The number of rotatable bonds is 7. The number of hydrogen-bond donors (Lipinski definition) is 1. The van der Waals surface area contributed by atoms with Crippen LogP contribution in [0.1, 0.15) is 19.8 Å². The standard InChI is InChI=1S/C8H20N2O2S/c1-4-5-6-9-7-8-13(11,12)10(2)3/h9H,4-8H2,1-3H3. The van der Waals surface area contributed by atoms with Gasteiger partial charge in [0.1, 0.15) is 0 Å². The first-order valence-electron chi connectivity index (χ1n) is 4.61. The van der Waals surface area contributed by atoms with Crippen molar-refractivity contribution in [1.82, 2.24) is 9.62 Å². The third-order valence-corrected chi connectivity index (χ3v) is 3.63. The van der Waals surface area contributed by atoms with Crippen molar-refractivity contribution in [3.8, 4) is 0 Å². The van der Waals surface area contributed by atoms with Gasteiger partial charge in [-0.15, -0.1) is 0 Å². The van der Waals surface area contributed by atoms with Crippen molar-refractivity contribution >= 4 is 10.0 Å². The first kappa shape index (κ1) is 12.9. The van der Waals surface area contributed by atoms with Gasteiger partial charge in [-0.3, -0.25) is 0 Å². The molecule has 0 aliphatic carbocycles. The monoisotopic (exact) mass is 208 g/mol. The van der Waals surface area contributed by atoms with Crippen molar-refractivity contribution in [3.05, 3.63) is 0 Å². The zero-order valence-electron chi connectivity index (χ0n) is 8.71. The topological polar surface area (TPSA) is 49.4 Å². The molecule has 0 radical (unpaired) electrons. The van der Waals surface area contributed by atoms with Crippen LogP contribution in [-0.4, -0.2) is 45.7 Å². The molecule has 0 fully saturated rings. The molecule has 0 heterocycles. The fraction of sp³-hybridized carbons (Fsp3) is 1.00. The largest absolute Gasteiger partial charge is 0.316 e. The third kappa shape index (κ3) is 6.01. The van der Waals surface area contributed by atoms with Gasteiger partial charge in [0.2, 0.25) is 10.0 Å². The maximum Gasteiger partial charge on any atom is 0.214 e. The molecule has 1 N–H and O–H groups in total. The Morgan fingerprint density at radius 1 is 1.23 bits per heavy atom. The Bertz CT molecular complexity index is 212. The summed E-state index contributed by atoms with van der Waals surface area (Å²) < 4.78 is 23.8. The van der Waals surface area contributed by atoms with Gasteiger partial charge in [-0.2, -0.15) is 0 Å². The maximum atomic E-state index is 11.2. The quantitative estimate of drug-likeness (QED) is 0.611. The minimum absolute atomic E-state index is 0.184. The SMILES string of the molecule is CCCCNCCS(=O)(=O)N(C)C. The molecule has 0 amide bonds. The summed E-state index contributed by atoms with van der Waals surface area (Å²) in [4.78, 5) is 0. The zero-order chi connectivity index (χ0) is 10.3. The van der Waals surface area contributed by atoms with Crippen LogP contribution in [0, 0.1) is 0 Å². The lowest BCUT2D eigenvalue weighted by atomic mass is 10.3. The summed E-state index contributed by atoms with van der Waals surface area (Å²) in [6.45, 7) is 3.55. The van der Waals surface area contributed by atoms with Gasteiger partial charge in [0.05, 0.1) is 5.75 Å². The summed E-state index contributed by atoms with van der Waals surface area (Å²) in [5.74, 6) is 0.184. The Labute approximate surface area is 81.4 Å². The number of nitrogens with one attached hydrogen (secondary N) is 1. The molecule has 0 aromatic carbocycles. The van der Waals surface area contributed by atoms with E-state index in [1.807, 2.05) is 0 Å². The molecule has 0 aromatic rings. The highest BCUT2D eigenvalue weighted by molar-refractivity contribution is 7.89. The Morgan fingerprint density at radius 3 is 2.31 bits per heavy atom. The van der Waals surface area contributed by atoms with Crippen LogP contribution >= 0.6 is 0 Å². The summed E-state index contributed by atoms with van der Waals surface area (Å²) in [5.41, 5.74) is 0. The van der Waals surface area contributed by atoms with Crippen LogP contribution in [-0.2, 0) is 10.0 Å². The molecule has 0 aliphatic heterocycles. The average Bonchev–Trinajstić information content (AvgIpc) is 2.03. The highest BCUT2D eigenvalue weighted by atomic mass is 32.2. The minimum Gasteiger partial charge on any atom is -0.316 e. The van der Waals surface area contributed by atoms with Gasteiger partial charge in [0.25, 0.3) is 0 Å². The summed E-state index contributed by atoms with van der Waals surface area (Å²) in [5, 5.41) is 3.09. The van der Waals surface area contributed by atoms with E-state index in [9.17, 15) is 8.42 Å². The smallest absolute Gasteiger partial charge is 0.214 e. The molecule has 80 valence electrons. The predicted octanol–water partition coefficient (Wildman–Crippen LogP) is 0.268. The highest BCUT2D eigenvalue weighted by Gasteiger charge is 2.11. The van der Waals surface area contributed by atoms with E-state index in [4.69, 9.17) is 0 Å². The molecule has 0 bridgehead atoms. The van der Waals surface area contributed by atoms with Crippen LogP contribution in [0.5, 0.6) is 0 Å². The van der Waals surface area contributed by atoms with Gasteiger partial charge in [-0.05, 0) is 13.0 Å². The molecule has 0 atom stereocenters. The third-order valence-electron chi connectivity index (χ3n) is 1.80. The van der Waals surface area contributed by atoms with Crippen LogP contribution in [0.25, 0.3) is 0 Å². The van der Waals surface area contributed by atoms with E-state index in [1.54, 1.807) is 14.1 Å². The zero-order valence-corrected chi connectivity index (χ0v) is 9.52. The second-order valence-electron chi connectivity index (χ2n) is 3.20. The molecule has 4 nitrogen and oxygen atoms in total. The lowest BCUT2D eigenvalue weighted by Gasteiger charge is -2.11. The van der Waals surface area contributed by atoms with Crippen molar-refractivity contribution in [2.24, 2.45) is 0 Å².